The molecule has 2 aromatic rings. The molecule has 2 heterocycles. The van der Waals surface area contributed by atoms with Crippen LogP contribution in [0.15, 0.2) is 36.7 Å². The van der Waals surface area contributed by atoms with Crippen LogP contribution in [-0.4, -0.2) is 38.0 Å². The van der Waals surface area contributed by atoms with Crippen LogP contribution in [0, 0.1) is 0 Å². The predicted octanol–water partition coefficient (Wildman–Crippen LogP) is 1.24. The standard InChI is InChI=1S/C14H13N3O3/c18-13(10-2-1-3-11(8-10)14(19)20)17-7-6-16-5-4-15-12(16)9-17/h1-5,8H,6-7,9H2,(H,19,20). The molecule has 0 saturated carbocycles. The quantitative estimate of drug-likeness (QED) is 0.891. The number of carbonyl (C=O) groups excluding carboxylic acids is 1. The first-order chi connectivity index (χ1) is 9.65. The minimum absolute atomic E-state index is 0.120. The molecule has 6 heteroatoms. The van der Waals surface area contributed by atoms with E-state index >= 15 is 0 Å². The maximum atomic E-state index is 12.4. The summed E-state index contributed by atoms with van der Waals surface area (Å²) >= 11 is 0. The van der Waals surface area contributed by atoms with E-state index in [1.54, 1.807) is 23.2 Å². The Labute approximate surface area is 115 Å². The van der Waals surface area contributed by atoms with Crippen molar-refractivity contribution in [3.05, 3.63) is 53.6 Å². The van der Waals surface area contributed by atoms with Crippen molar-refractivity contribution in [3.63, 3.8) is 0 Å². The first kappa shape index (κ1) is 12.4. The van der Waals surface area contributed by atoms with Crippen molar-refractivity contribution >= 4 is 11.9 Å². The minimum atomic E-state index is -1.03. The summed E-state index contributed by atoms with van der Waals surface area (Å²) in [6.45, 7) is 1.75. The van der Waals surface area contributed by atoms with Gasteiger partial charge in [0.2, 0.25) is 0 Å². The number of aromatic nitrogens is 2. The Morgan fingerprint density at radius 3 is 2.80 bits per heavy atom. The highest BCUT2D eigenvalue weighted by atomic mass is 16.4. The van der Waals surface area contributed by atoms with Crippen LogP contribution in [-0.2, 0) is 13.1 Å². The highest BCUT2D eigenvalue weighted by Crippen LogP contribution is 2.15. The highest BCUT2D eigenvalue weighted by molar-refractivity contribution is 5.97. The molecule has 1 aromatic carbocycles. The molecule has 3 rings (SSSR count). The van der Waals surface area contributed by atoms with Crippen molar-refractivity contribution in [1.82, 2.24) is 14.5 Å². The number of carbonyl (C=O) groups is 2. The number of aromatic carboxylic acids is 1. The van der Waals surface area contributed by atoms with E-state index in [1.807, 2.05) is 10.8 Å². The molecule has 102 valence electrons. The Balaban J connectivity index is 1.83. The van der Waals surface area contributed by atoms with Gasteiger partial charge in [-0.25, -0.2) is 9.78 Å². The fourth-order valence-corrected chi connectivity index (χ4v) is 2.31. The number of benzene rings is 1. The van der Waals surface area contributed by atoms with E-state index in [1.165, 1.54) is 12.1 Å². The van der Waals surface area contributed by atoms with Crippen LogP contribution in [0.1, 0.15) is 26.5 Å². The first-order valence-corrected chi connectivity index (χ1v) is 6.28. The van der Waals surface area contributed by atoms with Crippen molar-refractivity contribution < 1.29 is 14.7 Å². The van der Waals surface area contributed by atoms with Crippen molar-refractivity contribution in [2.75, 3.05) is 6.54 Å². The molecule has 1 aromatic heterocycles. The Kier molecular flexibility index (Phi) is 2.98. The molecular weight excluding hydrogens is 258 g/mol. The average molecular weight is 271 g/mol. The molecule has 1 aliphatic heterocycles. The molecule has 0 saturated heterocycles. The smallest absolute Gasteiger partial charge is 0.335 e. The molecule has 1 aliphatic rings. The second kappa shape index (κ2) is 4.80. The van der Waals surface area contributed by atoms with Gasteiger partial charge in [-0.15, -0.1) is 0 Å². The number of carboxylic acid groups (broad SMARTS) is 1. The summed E-state index contributed by atoms with van der Waals surface area (Å²) in [5.74, 6) is -0.352. The number of imidazole rings is 1. The number of hydrogen-bond acceptors (Lipinski definition) is 3. The molecule has 6 nitrogen and oxygen atoms in total. The van der Waals surface area contributed by atoms with Crippen LogP contribution in [0.2, 0.25) is 0 Å². The van der Waals surface area contributed by atoms with Crippen LogP contribution in [0.25, 0.3) is 0 Å². The largest absolute Gasteiger partial charge is 0.478 e. The van der Waals surface area contributed by atoms with Gasteiger partial charge in [-0.3, -0.25) is 4.79 Å². The van der Waals surface area contributed by atoms with Crippen LogP contribution in [0.4, 0.5) is 0 Å². The zero-order valence-electron chi connectivity index (χ0n) is 10.7. The average Bonchev–Trinajstić information content (AvgIpc) is 2.94. The number of fused-ring (bicyclic) bond motifs is 1. The Hall–Kier alpha value is -2.63. The lowest BCUT2D eigenvalue weighted by molar-refractivity contribution is 0.0697. The second-order valence-electron chi connectivity index (χ2n) is 4.65. The zero-order chi connectivity index (χ0) is 14.1. The minimum Gasteiger partial charge on any atom is -0.478 e. The fourth-order valence-electron chi connectivity index (χ4n) is 2.31. The van der Waals surface area contributed by atoms with E-state index in [0.29, 0.717) is 25.2 Å². The molecule has 0 unspecified atom stereocenters. The number of hydrogen-bond donors (Lipinski definition) is 1. The zero-order valence-corrected chi connectivity index (χ0v) is 10.7. The van der Waals surface area contributed by atoms with Gasteiger partial charge in [-0.05, 0) is 18.2 Å². The van der Waals surface area contributed by atoms with E-state index in [4.69, 9.17) is 5.11 Å². The number of rotatable bonds is 2. The maximum Gasteiger partial charge on any atom is 0.335 e. The van der Waals surface area contributed by atoms with Crippen LogP contribution >= 0.6 is 0 Å². The molecule has 1 amide bonds. The van der Waals surface area contributed by atoms with Gasteiger partial charge in [0.25, 0.3) is 5.91 Å². The van der Waals surface area contributed by atoms with Crippen molar-refractivity contribution in [2.45, 2.75) is 13.1 Å². The number of amides is 1. The molecule has 20 heavy (non-hydrogen) atoms. The fraction of sp³-hybridized carbons (Fsp3) is 0.214. The van der Waals surface area contributed by atoms with Gasteiger partial charge in [-0.2, -0.15) is 0 Å². The monoisotopic (exact) mass is 271 g/mol. The maximum absolute atomic E-state index is 12.4. The van der Waals surface area contributed by atoms with Crippen molar-refractivity contribution in [2.24, 2.45) is 0 Å². The second-order valence-corrected chi connectivity index (χ2v) is 4.65. The van der Waals surface area contributed by atoms with Crippen molar-refractivity contribution in [3.8, 4) is 0 Å². The lowest BCUT2D eigenvalue weighted by atomic mass is 10.1. The summed E-state index contributed by atoms with van der Waals surface area (Å²) in [6.07, 6.45) is 3.61. The first-order valence-electron chi connectivity index (χ1n) is 6.28. The Bertz CT molecular complexity index is 678. The third-order valence-corrected chi connectivity index (χ3v) is 3.39. The predicted molar refractivity (Wildman–Crippen MR) is 70.4 cm³/mol. The van der Waals surface area contributed by atoms with Crippen LogP contribution < -0.4 is 0 Å². The van der Waals surface area contributed by atoms with Crippen LogP contribution in [0.5, 0.6) is 0 Å². The van der Waals surface area contributed by atoms with E-state index < -0.39 is 5.97 Å². The molecule has 0 atom stereocenters. The van der Waals surface area contributed by atoms with Gasteiger partial charge >= 0.3 is 5.97 Å². The van der Waals surface area contributed by atoms with Gasteiger partial charge in [0.05, 0.1) is 12.1 Å². The van der Waals surface area contributed by atoms with E-state index in [-0.39, 0.29) is 11.5 Å². The number of carboxylic acids is 1. The molecule has 0 bridgehead atoms. The molecule has 0 radical (unpaired) electrons. The third-order valence-electron chi connectivity index (χ3n) is 3.39. The molecule has 0 fully saturated rings. The summed E-state index contributed by atoms with van der Waals surface area (Å²) < 4.78 is 2.01. The molecule has 0 spiro atoms. The molecular formula is C14H13N3O3. The van der Waals surface area contributed by atoms with Crippen LogP contribution in [0.3, 0.4) is 0 Å². The Morgan fingerprint density at radius 1 is 1.20 bits per heavy atom. The summed E-state index contributed by atoms with van der Waals surface area (Å²) in [4.78, 5) is 29.2. The lowest BCUT2D eigenvalue weighted by Gasteiger charge is -2.27. The van der Waals surface area contributed by atoms with Gasteiger partial charge in [-0.1, -0.05) is 6.07 Å². The van der Waals surface area contributed by atoms with E-state index in [2.05, 4.69) is 4.98 Å². The SMILES string of the molecule is O=C(O)c1cccc(C(=O)N2CCn3ccnc3C2)c1. The van der Waals surface area contributed by atoms with Gasteiger partial charge in [0.15, 0.2) is 0 Å². The summed E-state index contributed by atoms with van der Waals surface area (Å²) in [7, 11) is 0. The van der Waals surface area contributed by atoms with Gasteiger partial charge in [0.1, 0.15) is 5.82 Å². The van der Waals surface area contributed by atoms with E-state index in [0.717, 1.165) is 5.82 Å². The summed E-state index contributed by atoms with van der Waals surface area (Å²) in [6, 6.07) is 6.10. The molecule has 0 aliphatic carbocycles. The normalized spacial score (nSPS) is 13.9. The van der Waals surface area contributed by atoms with Gasteiger partial charge < -0.3 is 14.6 Å². The summed E-state index contributed by atoms with van der Waals surface area (Å²) in [5.41, 5.74) is 0.513. The lowest BCUT2D eigenvalue weighted by Crippen LogP contribution is -2.38. The molecule has 1 N–H and O–H groups in total. The topological polar surface area (TPSA) is 75.4 Å². The Morgan fingerprint density at radius 2 is 2.00 bits per heavy atom. The number of nitrogens with zero attached hydrogens (tertiary/aromatic N) is 3. The summed E-state index contributed by atoms with van der Waals surface area (Å²) in [5, 5.41) is 8.97. The van der Waals surface area contributed by atoms with Crippen molar-refractivity contribution in [1.29, 1.82) is 0 Å². The van der Waals surface area contributed by atoms with E-state index in [9.17, 15) is 9.59 Å². The highest BCUT2D eigenvalue weighted by Gasteiger charge is 2.22. The third kappa shape index (κ3) is 2.16. The van der Waals surface area contributed by atoms with Gasteiger partial charge in [0, 0.05) is 31.0 Å².